The molecular formula is C21H25F3N4O3S. The van der Waals surface area contributed by atoms with Gasteiger partial charge in [-0.3, -0.25) is 0 Å². The second-order valence-electron chi connectivity index (χ2n) is 6.90. The van der Waals surface area contributed by atoms with Crippen molar-refractivity contribution in [3.63, 3.8) is 0 Å². The number of aliphatic imine (C=N–C) groups is 1. The minimum absolute atomic E-state index is 0.0105. The summed E-state index contributed by atoms with van der Waals surface area (Å²) in [7, 11) is 2.78. The van der Waals surface area contributed by atoms with Crippen molar-refractivity contribution in [1.82, 2.24) is 14.5 Å². The molecule has 7 nitrogen and oxygen atoms in total. The number of carbonyl (C=O) groups is 1. The molecule has 2 aromatic heterocycles. The van der Waals surface area contributed by atoms with Gasteiger partial charge in [-0.1, -0.05) is 6.92 Å². The zero-order valence-electron chi connectivity index (χ0n) is 18.7. The molecule has 2 rings (SSSR count). The summed E-state index contributed by atoms with van der Waals surface area (Å²) in [5.74, 6) is -0.100. The van der Waals surface area contributed by atoms with Crippen molar-refractivity contribution in [2.24, 2.45) is 12.0 Å². The van der Waals surface area contributed by atoms with Crippen LogP contribution in [-0.2, 0) is 23.0 Å². The average Bonchev–Trinajstić information content (AvgIpc) is 3.06. The molecule has 0 aliphatic rings. The van der Waals surface area contributed by atoms with Gasteiger partial charge in [0.2, 0.25) is 0 Å². The van der Waals surface area contributed by atoms with Crippen molar-refractivity contribution in [2.45, 2.75) is 45.2 Å². The summed E-state index contributed by atoms with van der Waals surface area (Å²) in [6, 6.07) is 2.87. The van der Waals surface area contributed by atoms with Gasteiger partial charge in [-0.25, -0.2) is 19.8 Å². The highest BCUT2D eigenvalue weighted by Gasteiger charge is 2.31. The molecule has 0 radical (unpaired) electrons. The first kappa shape index (κ1) is 25.6. The number of hydrogen-bond donors (Lipinski definition) is 0. The van der Waals surface area contributed by atoms with Crippen molar-refractivity contribution in [1.29, 1.82) is 0 Å². The van der Waals surface area contributed by atoms with Crippen molar-refractivity contribution in [2.75, 3.05) is 12.9 Å². The number of methoxy groups -OCH3 is 1. The molecule has 0 saturated carbocycles. The molecule has 0 aromatic carbocycles. The number of rotatable bonds is 7. The summed E-state index contributed by atoms with van der Waals surface area (Å²) in [4.78, 5) is 25.4. The van der Waals surface area contributed by atoms with Gasteiger partial charge in [0.1, 0.15) is 17.1 Å². The number of esters is 1. The van der Waals surface area contributed by atoms with Gasteiger partial charge in [-0.05, 0) is 56.6 Å². The Kier molecular flexibility index (Phi) is 8.24. The first-order chi connectivity index (χ1) is 14.9. The Morgan fingerprint density at radius 1 is 1.28 bits per heavy atom. The molecule has 0 bridgehead atoms. The van der Waals surface area contributed by atoms with Crippen LogP contribution in [0.4, 0.5) is 19.0 Å². The SMILES string of the molecule is CC/C(C)=N/c1c(/C=C(\C)C(F)(F)F)nc(-c2nc(C(=O)OC)ccc2[S+]([O-])CC)n1C. The van der Waals surface area contributed by atoms with Crippen LogP contribution in [-0.4, -0.2) is 49.8 Å². The predicted molar refractivity (Wildman–Crippen MR) is 117 cm³/mol. The van der Waals surface area contributed by atoms with E-state index in [9.17, 15) is 22.5 Å². The van der Waals surface area contributed by atoms with E-state index in [1.54, 1.807) is 20.9 Å². The number of carbonyl (C=O) groups excluding carboxylic acids is 1. The Morgan fingerprint density at radius 3 is 2.47 bits per heavy atom. The third kappa shape index (κ3) is 5.57. The monoisotopic (exact) mass is 470 g/mol. The van der Waals surface area contributed by atoms with Gasteiger partial charge in [-0.15, -0.1) is 0 Å². The van der Waals surface area contributed by atoms with Gasteiger partial charge in [0, 0.05) is 18.3 Å². The first-order valence-electron chi connectivity index (χ1n) is 9.78. The molecule has 1 atom stereocenters. The van der Waals surface area contributed by atoms with Crippen LogP contribution in [0, 0.1) is 0 Å². The van der Waals surface area contributed by atoms with Gasteiger partial charge in [-0.2, -0.15) is 13.2 Å². The summed E-state index contributed by atoms with van der Waals surface area (Å²) in [5, 5.41) is 0. The van der Waals surface area contributed by atoms with Crippen molar-refractivity contribution >= 4 is 34.8 Å². The lowest BCUT2D eigenvalue weighted by Crippen LogP contribution is -2.12. The van der Waals surface area contributed by atoms with Gasteiger partial charge in [0.25, 0.3) is 0 Å². The molecule has 174 valence electrons. The van der Waals surface area contributed by atoms with Gasteiger partial charge < -0.3 is 13.9 Å². The van der Waals surface area contributed by atoms with Crippen LogP contribution < -0.4 is 0 Å². The quantitative estimate of drug-likeness (QED) is 0.327. The molecule has 11 heteroatoms. The normalized spacial score (nSPS) is 13.9. The predicted octanol–water partition coefficient (Wildman–Crippen LogP) is 4.86. The Labute approximate surface area is 187 Å². The molecule has 0 amide bonds. The maximum atomic E-state index is 13.2. The summed E-state index contributed by atoms with van der Waals surface area (Å²) in [5.41, 5.74) is -0.0938. The van der Waals surface area contributed by atoms with Crippen LogP contribution in [0.1, 0.15) is 50.3 Å². The number of imidazole rings is 1. The van der Waals surface area contributed by atoms with Gasteiger partial charge >= 0.3 is 12.1 Å². The van der Waals surface area contributed by atoms with E-state index in [2.05, 4.69) is 15.0 Å². The largest absolute Gasteiger partial charge is 0.611 e. The number of allylic oxidation sites excluding steroid dienone is 1. The highest BCUT2D eigenvalue weighted by Crippen LogP contribution is 2.34. The van der Waals surface area contributed by atoms with E-state index in [-0.39, 0.29) is 34.5 Å². The maximum Gasteiger partial charge on any atom is 0.412 e. The van der Waals surface area contributed by atoms with Gasteiger partial charge in [0.05, 0.1) is 7.11 Å². The standard InChI is InChI=1S/C21H25F3N4O3S/c1-7-13(4)25-18-15(11-12(3)21(22,23)24)27-19(28(18)5)17-16(32(30)8-2)10-9-14(26-17)20(29)31-6/h9-11H,7-8H2,1-6H3/b12-11+,25-13+. The molecular weight excluding hydrogens is 445 g/mol. The highest BCUT2D eigenvalue weighted by atomic mass is 32.2. The molecule has 0 N–H and O–H groups in total. The molecule has 0 fully saturated rings. The number of aromatic nitrogens is 3. The van der Waals surface area contributed by atoms with Crippen LogP contribution in [0.2, 0.25) is 0 Å². The molecule has 1 unspecified atom stereocenters. The second kappa shape index (κ2) is 10.3. The van der Waals surface area contributed by atoms with Crippen LogP contribution in [0.25, 0.3) is 17.6 Å². The Morgan fingerprint density at radius 2 is 1.94 bits per heavy atom. The maximum absolute atomic E-state index is 13.2. The van der Waals surface area contributed by atoms with Crippen LogP contribution >= 0.6 is 0 Å². The van der Waals surface area contributed by atoms with Crippen molar-refractivity contribution < 1.29 is 27.3 Å². The molecule has 2 aromatic rings. The fourth-order valence-corrected chi connectivity index (χ4v) is 3.55. The zero-order chi connectivity index (χ0) is 24.2. The fourth-order valence-electron chi connectivity index (χ4n) is 2.66. The zero-order valence-corrected chi connectivity index (χ0v) is 19.5. The van der Waals surface area contributed by atoms with E-state index in [4.69, 9.17) is 4.74 Å². The van der Waals surface area contributed by atoms with Crippen molar-refractivity contribution in [3.8, 4) is 11.5 Å². The number of nitrogens with zero attached hydrogens (tertiary/aromatic N) is 4. The number of hydrogen-bond acceptors (Lipinski definition) is 6. The molecule has 0 aliphatic heterocycles. The summed E-state index contributed by atoms with van der Waals surface area (Å²) >= 11 is -1.47. The number of ether oxygens (including phenoxy) is 1. The average molecular weight is 471 g/mol. The number of pyridine rings is 1. The van der Waals surface area contributed by atoms with E-state index in [0.717, 1.165) is 13.0 Å². The van der Waals surface area contributed by atoms with E-state index in [1.165, 1.54) is 23.8 Å². The summed E-state index contributed by atoms with van der Waals surface area (Å²) in [6.45, 7) is 6.29. The minimum atomic E-state index is -4.53. The third-order valence-corrected chi connectivity index (χ3v) is 6.02. The summed E-state index contributed by atoms with van der Waals surface area (Å²) < 4.78 is 58.4. The van der Waals surface area contributed by atoms with E-state index >= 15 is 0 Å². The molecule has 0 spiro atoms. The highest BCUT2D eigenvalue weighted by molar-refractivity contribution is 7.91. The van der Waals surface area contributed by atoms with E-state index < -0.39 is 28.9 Å². The van der Waals surface area contributed by atoms with Crippen LogP contribution in [0.5, 0.6) is 0 Å². The second-order valence-corrected chi connectivity index (χ2v) is 8.61. The molecule has 32 heavy (non-hydrogen) atoms. The van der Waals surface area contributed by atoms with Crippen LogP contribution in [0.3, 0.4) is 0 Å². The lowest BCUT2D eigenvalue weighted by molar-refractivity contribution is -0.0903. The summed E-state index contributed by atoms with van der Waals surface area (Å²) in [6.07, 6.45) is -3.04. The number of halogens is 3. The Hall–Kier alpha value is -2.66. The van der Waals surface area contributed by atoms with Crippen LogP contribution in [0.15, 0.2) is 27.6 Å². The fraction of sp³-hybridized carbons (Fsp3) is 0.429. The Bertz CT molecular complexity index is 1060. The number of alkyl halides is 3. The Balaban J connectivity index is 2.86. The first-order valence-corrected chi connectivity index (χ1v) is 11.1. The van der Waals surface area contributed by atoms with E-state index in [1.807, 2.05) is 6.92 Å². The lowest BCUT2D eigenvalue weighted by Gasteiger charge is -2.13. The minimum Gasteiger partial charge on any atom is -0.611 e. The molecule has 0 aliphatic carbocycles. The smallest absolute Gasteiger partial charge is 0.412 e. The third-order valence-electron chi connectivity index (χ3n) is 4.67. The topological polar surface area (TPSA) is 92.4 Å². The lowest BCUT2D eigenvalue weighted by atomic mass is 10.2. The van der Waals surface area contributed by atoms with E-state index in [0.29, 0.717) is 17.0 Å². The molecule has 2 heterocycles. The molecule has 0 saturated heterocycles. The van der Waals surface area contributed by atoms with Crippen molar-refractivity contribution in [3.05, 3.63) is 29.1 Å². The van der Waals surface area contributed by atoms with Gasteiger partial charge in [0.15, 0.2) is 22.2 Å².